The standard InChI is InChI=1S/C38H42F2N6O9/c1-44(38(52)53)29(22-47)19-42-33(25-13-16-54-17-14-25)36(50)45-20-27-11-10-26(18-28(27)21-45)35(49)46(34-30(39)8-5-9-31(34)40)43-32(48)12-15-41-37(51)55-23-24-6-3-2-4-7-24/h2-11,18,22,25,29,33,42H,12-17,19-21,23H2,1H3,(H,41,51)(H,43,48)(H,52,53)/t29-,33-/m0/s1. The van der Waals surface area contributed by atoms with E-state index < -0.39 is 53.4 Å². The van der Waals surface area contributed by atoms with Crippen LogP contribution in [0, 0.1) is 17.6 Å². The fourth-order valence-electron chi connectivity index (χ4n) is 6.32. The fraction of sp³-hybridized carbons (Fsp3) is 0.368. The number of fused-ring (bicyclic) bond motifs is 1. The number of rotatable bonds is 14. The first kappa shape index (κ1) is 40.2. The van der Waals surface area contributed by atoms with Crippen LogP contribution in [0.15, 0.2) is 66.7 Å². The molecule has 17 heteroatoms. The van der Waals surface area contributed by atoms with Crippen molar-refractivity contribution in [3.63, 3.8) is 0 Å². The number of hydrazine groups is 1. The lowest BCUT2D eigenvalue weighted by Crippen LogP contribution is -2.54. The Hall–Kier alpha value is -5.94. The summed E-state index contributed by atoms with van der Waals surface area (Å²) in [5.74, 6) is -4.50. The number of carbonyl (C=O) groups is 6. The van der Waals surface area contributed by atoms with Crippen molar-refractivity contribution in [3.8, 4) is 0 Å². The SMILES string of the molecule is CN(C(=O)O)[C@H](C=O)CN[C@H](C(=O)N1Cc2ccc(C(=O)N(NC(=O)CCNC(=O)OCc3ccccc3)c3c(F)cccc3F)cc2C1)C1CCOCC1. The minimum Gasteiger partial charge on any atom is -0.465 e. The highest BCUT2D eigenvalue weighted by Gasteiger charge is 2.36. The third-order valence-corrected chi connectivity index (χ3v) is 9.43. The van der Waals surface area contributed by atoms with Crippen LogP contribution in [0.25, 0.3) is 0 Å². The van der Waals surface area contributed by atoms with E-state index in [0.29, 0.717) is 48.5 Å². The first-order valence-electron chi connectivity index (χ1n) is 17.6. The van der Waals surface area contributed by atoms with Crippen LogP contribution < -0.4 is 21.1 Å². The lowest BCUT2D eigenvalue weighted by atomic mass is 9.90. The second-order valence-corrected chi connectivity index (χ2v) is 13.1. The molecule has 0 bridgehead atoms. The zero-order chi connectivity index (χ0) is 39.5. The molecule has 0 radical (unpaired) electrons. The topological polar surface area (TPSA) is 187 Å². The third-order valence-electron chi connectivity index (χ3n) is 9.43. The van der Waals surface area contributed by atoms with Crippen molar-refractivity contribution in [1.29, 1.82) is 0 Å². The monoisotopic (exact) mass is 764 g/mol. The Morgan fingerprint density at radius 2 is 1.67 bits per heavy atom. The van der Waals surface area contributed by atoms with Gasteiger partial charge in [0, 0.05) is 58.4 Å². The van der Waals surface area contributed by atoms with Gasteiger partial charge in [0.15, 0.2) is 11.6 Å². The molecule has 3 aromatic carbocycles. The van der Waals surface area contributed by atoms with E-state index in [-0.39, 0.29) is 56.6 Å². The van der Waals surface area contributed by atoms with Crippen LogP contribution in [0.5, 0.6) is 0 Å². The lowest BCUT2D eigenvalue weighted by Gasteiger charge is -2.34. The number of hydrogen-bond donors (Lipinski definition) is 4. The van der Waals surface area contributed by atoms with E-state index in [1.165, 1.54) is 19.2 Å². The molecule has 15 nitrogen and oxygen atoms in total. The molecule has 0 unspecified atom stereocenters. The van der Waals surface area contributed by atoms with Crippen molar-refractivity contribution in [1.82, 2.24) is 25.9 Å². The number of halogens is 2. The van der Waals surface area contributed by atoms with Gasteiger partial charge in [0.2, 0.25) is 11.8 Å². The second kappa shape index (κ2) is 18.9. The minimum atomic E-state index is -1.29. The molecule has 5 amide bonds. The quantitative estimate of drug-likeness (QED) is 0.140. The van der Waals surface area contributed by atoms with Gasteiger partial charge < -0.3 is 39.8 Å². The second-order valence-electron chi connectivity index (χ2n) is 13.1. The van der Waals surface area contributed by atoms with E-state index in [1.807, 2.05) is 6.07 Å². The van der Waals surface area contributed by atoms with Gasteiger partial charge in [0.1, 0.15) is 24.6 Å². The molecule has 0 aliphatic carbocycles. The highest BCUT2D eigenvalue weighted by atomic mass is 19.1. The Bertz CT molecular complexity index is 1860. The number of alkyl carbamates (subject to hydrolysis) is 1. The van der Waals surface area contributed by atoms with Crippen molar-refractivity contribution in [2.45, 2.75) is 51.0 Å². The molecule has 2 aliphatic heterocycles. The van der Waals surface area contributed by atoms with Crippen molar-refractivity contribution in [2.75, 3.05) is 38.4 Å². The molecule has 3 aromatic rings. The molecule has 0 saturated carbocycles. The van der Waals surface area contributed by atoms with Gasteiger partial charge in [0.25, 0.3) is 5.91 Å². The summed E-state index contributed by atoms with van der Waals surface area (Å²) in [4.78, 5) is 78.6. The zero-order valence-electron chi connectivity index (χ0n) is 30.0. The molecule has 1 fully saturated rings. The molecule has 55 heavy (non-hydrogen) atoms. The Morgan fingerprint density at radius 1 is 0.982 bits per heavy atom. The molecule has 2 heterocycles. The normalized spacial score (nSPS) is 14.9. The van der Waals surface area contributed by atoms with Gasteiger partial charge in [-0.25, -0.2) is 23.4 Å². The number of hydrogen-bond acceptors (Lipinski definition) is 9. The van der Waals surface area contributed by atoms with Crippen LogP contribution in [-0.4, -0.2) is 96.5 Å². The summed E-state index contributed by atoms with van der Waals surface area (Å²) >= 11 is 0. The van der Waals surface area contributed by atoms with Crippen LogP contribution in [0.3, 0.4) is 0 Å². The Kier molecular flexibility index (Phi) is 13.8. The molecular weight excluding hydrogens is 722 g/mol. The van der Waals surface area contributed by atoms with E-state index in [1.54, 1.807) is 35.2 Å². The van der Waals surface area contributed by atoms with E-state index >= 15 is 8.78 Å². The number of aldehydes is 1. The van der Waals surface area contributed by atoms with E-state index in [9.17, 15) is 33.9 Å². The number of nitrogens with zero attached hydrogens (tertiary/aromatic N) is 3. The predicted molar refractivity (Wildman–Crippen MR) is 192 cm³/mol. The number of amides is 5. The van der Waals surface area contributed by atoms with Crippen LogP contribution >= 0.6 is 0 Å². The average molecular weight is 765 g/mol. The summed E-state index contributed by atoms with van der Waals surface area (Å²) in [7, 11) is 1.27. The Balaban J connectivity index is 1.27. The van der Waals surface area contributed by atoms with Gasteiger partial charge >= 0.3 is 12.2 Å². The van der Waals surface area contributed by atoms with Crippen molar-refractivity contribution in [3.05, 3.63) is 101 Å². The first-order valence-corrected chi connectivity index (χ1v) is 17.6. The summed E-state index contributed by atoms with van der Waals surface area (Å²) in [6, 6.07) is 14.6. The number of carboxylic acid groups (broad SMARTS) is 1. The summed E-state index contributed by atoms with van der Waals surface area (Å²) in [5, 5.41) is 15.4. The predicted octanol–water partition coefficient (Wildman–Crippen LogP) is 3.36. The summed E-state index contributed by atoms with van der Waals surface area (Å²) in [5.41, 5.74) is 3.45. The average Bonchev–Trinajstić information content (AvgIpc) is 3.62. The van der Waals surface area contributed by atoms with E-state index in [4.69, 9.17) is 9.47 Å². The summed E-state index contributed by atoms with van der Waals surface area (Å²) < 4.78 is 40.7. The van der Waals surface area contributed by atoms with E-state index in [2.05, 4.69) is 16.1 Å². The van der Waals surface area contributed by atoms with Gasteiger partial charge in [-0.1, -0.05) is 42.5 Å². The maximum absolute atomic E-state index is 15.0. The van der Waals surface area contributed by atoms with Gasteiger partial charge in [-0.3, -0.25) is 19.8 Å². The highest BCUT2D eigenvalue weighted by Crippen LogP contribution is 2.29. The number of nitrogens with one attached hydrogen (secondary N) is 3. The van der Waals surface area contributed by atoms with Crippen LogP contribution in [0.2, 0.25) is 0 Å². The van der Waals surface area contributed by atoms with Crippen LogP contribution in [0.4, 0.5) is 24.1 Å². The molecule has 5 rings (SSSR count). The number of benzene rings is 3. The van der Waals surface area contributed by atoms with Gasteiger partial charge in [-0.15, -0.1) is 0 Å². The van der Waals surface area contributed by atoms with Crippen LogP contribution in [0.1, 0.15) is 46.3 Å². The molecule has 2 aliphatic rings. The molecule has 0 spiro atoms. The van der Waals surface area contributed by atoms with Gasteiger partial charge in [-0.2, -0.15) is 0 Å². The molecule has 0 aromatic heterocycles. The highest BCUT2D eigenvalue weighted by molar-refractivity contribution is 6.07. The van der Waals surface area contributed by atoms with Crippen molar-refractivity contribution < 1.29 is 52.1 Å². The molecule has 2 atom stereocenters. The maximum atomic E-state index is 15.0. The number of ether oxygens (including phenoxy) is 2. The smallest absolute Gasteiger partial charge is 0.407 e. The Morgan fingerprint density at radius 3 is 2.35 bits per heavy atom. The largest absolute Gasteiger partial charge is 0.465 e. The van der Waals surface area contributed by atoms with E-state index in [0.717, 1.165) is 28.7 Å². The number of anilines is 1. The summed E-state index contributed by atoms with van der Waals surface area (Å²) in [6.45, 7) is 0.821. The van der Waals surface area contributed by atoms with Crippen molar-refractivity contribution in [2.24, 2.45) is 5.92 Å². The zero-order valence-corrected chi connectivity index (χ0v) is 30.0. The molecular formula is C38H42F2N6O9. The maximum Gasteiger partial charge on any atom is 0.407 e. The molecule has 4 N–H and O–H groups in total. The number of carbonyl (C=O) groups excluding carboxylic acids is 5. The summed E-state index contributed by atoms with van der Waals surface area (Å²) in [6.07, 6.45) is -0.835. The third kappa shape index (κ3) is 10.4. The van der Waals surface area contributed by atoms with Crippen molar-refractivity contribution >= 4 is 41.9 Å². The first-order chi connectivity index (χ1) is 26.5. The number of para-hydroxylation sites is 1. The minimum absolute atomic E-state index is 0.00205. The molecule has 292 valence electrons. The lowest BCUT2D eigenvalue weighted by molar-refractivity contribution is -0.136. The van der Waals surface area contributed by atoms with Gasteiger partial charge in [-0.05, 0) is 59.7 Å². The Labute approximate surface area is 315 Å². The fourth-order valence-corrected chi connectivity index (χ4v) is 6.32. The van der Waals surface area contributed by atoms with Gasteiger partial charge in [0.05, 0.1) is 6.04 Å². The van der Waals surface area contributed by atoms with Crippen LogP contribution in [-0.2, 0) is 43.6 Å². The number of likely N-dealkylation sites (N-methyl/N-ethyl adjacent to an activating group) is 1. The molecule has 1 saturated heterocycles.